The molecule has 3 aromatic rings. The number of halogens is 1. The third-order valence-corrected chi connectivity index (χ3v) is 8.01. The van der Waals surface area contributed by atoms with E-state index in [1.165, 1.54) is 25.3 Å². The second-order valence-electron chi connectivity index (χ2n) is 11.2. The minimum absolute atomic E-state index is 0.114. The van der Waals surface area contributed by atoms with Crippen LogP contribution in [0, 0.1) is 11.2 Å². The van der Waals surface area contributed by atoms with Crippen molar-refractivity contribution in [1.82, 2.24) is 26.1 Å². The Bertz CT molecular complexity index is 1470. The molecule has 1 fully saturated rings. The van der Waals surface area contributed by atoms with Gasteiger partial charge in [0.25, 0.3) is 5.91 Å². The van der Waals surface area contributed by atoms with E-state index in [-0.39, 0.29) is 24.2 Å². The van der Waals surface area contributed by atoms with Crippen molar-refractivity contribution in [3.8, 4) is 0 Å². The van der Waals surface area contributed by atoms with E-state index in [1.54, 1.807) is 37.4 Å². The molecule has 2 heterocycles. The normalized spacial score (nSPS) is 18.7. The Morgan fingerprint density at radius 1 is 1.12 bits per heavy atom. The van der Waals surface area contributed by atoms with Crippen LogP contribution < -0.4 is 21.3 Å². The Hall–Kier alpha value is -4.21. The number of carbonyl (C=O) groups is 3. The number of H-pyrrole nitrogens is 1. The first-order valence-corrected chi connectivity index (χ1v) is 13.8. The van der Waals surface area contributed by atoms with Crippen LogP contribution in [-0.2, 0) is 16.0 Å². The van der Waals surface area contributed by atoms with E-state index in [9.17, 15) is 18.8 Å². The standard InChI is InChI=1S/C30H35FN6O3/c1-18-26(28(39)35-22-8-10-24-21(15-22)16-33-37-24)27(36-29(40)34-18)20-6-9-23(31)19(14-20)7-11-25(38)32-17-30(2)12-4-3-5-13-30/h6,8-10,14-16,27H,3-5,7,11-13,17H2,1-2H3,(H,32,38)(H,33,37)(H,35,39)(H2,34,36,40). The van der Waals surface area contributed by atoms with E-state index in [2.05, 4.69) is 38.4 Å². The van der Waals surface area contributed by atoms with E-state index in [4.69, 9.17) is 0 Å². The van der Waals surface area contributed by atoms with Gasteiger partial charge in [-0.15, -0.1) is 0 Å². The Morgan fingerprint density at radius 2 is 1.93 bits per heavy atom. The zero-order valence-electron chi connectivity index (χ0n) is 22.8. The summed E-state index contributed by atoms with van der Waals surface area (Å²) in [5, 5.41) is 19.1. The second kappa shape index (κ2) is 11.5. The van der Waals surface area contributed by atoms with Gasteiger partial charge in [0.15, 0.2) is 0 Å². The number of hydrogen-bond acceptors (Lipinski definition) is 4. The molecular weight excluding hydrogens is 511 g/mol. The average Bonchev–Trinajstić information content (AvgIpc) is 3.39. The number of amides is 4. The van der Waals surface area contributed by atoms with E-state index < -0.39 is 23.8 Å². The number of nitrogens with zero attached hydrogens (tertiary/aromatic N) is 1. The van der Waals surface area contributed by atoms with Gasteiger partial charge < -0.3 is 21.3 Å². The van der Waals surface area contributed by atoms with Crippen molar-refractivity contribution in [2.24, 2.45) is 5.41 Å². The van der Waals surface area contributed by atoms with Gasteiger partial charge in [0.1, 0.15) is 5.82 Å². The van der Waals surface area contributed by atoms with Crippen LogP contribution in [-0.4, -0.2) is 34.6 Å². The molecule has 0 saturated heterocycles. The molecular formula is C30H35FN6O3. The fraction of sp³-hybridized carbons (Fsp3) is 0.400. The summed E-state index contributed by atoms with van der Waals surface area (Å²) in [7, 11) is 0. The smallest absolute Gasteiger partial charge is 0.319 e. The molecule has 1 aliphatic heterocycles. The zero-order valence-corrected chi connectivity index (χ0v) is 22.8. The topological polar surface area (TPSA) is 128 Å². The third kappa shape index (κ3) is 6.16. The summed E-state index contributed by atoms with van der Waals surface area (Å²) in [6.07, 6.45) is 7.84. The van der Waals surface area contributed by atoms with Crippen molar-refractivity contribution >= 4 is 34.4 Å². The van der Waals surface area contributed by atoms with Crippen LogP contribution >= 0.6 is 0 Å². The highest BCUT2D eigenvalue weighted by Gasteiger charge is 2.32. The average molecular weight is 547 g/mol. The maximum atomic E-state index is 14.8. The molecule has 40 heavy (non-hydrogen) atoms. The highest BCUT2D eigenvalue weighted by molar-refractivity contribution is 6.07. The summed E-state index contributed by atoms with van der Waals surface area (Å²) in [6, 6.07) is 8.61. The molecule has 9 nitrogen and oxygen atoms in total. The molecule has 2 aromatic carbocycles. The lowest BCUT2D eigenvalue weighted by Crippen LogP contribution is -2.46. The lowest BCUT2D eigenvalue weighted by Gasteiger charge is -2.33. The minimum atomic E-state index is -0.800. The van der Waals surface area contributed by atoms with Gasteiger partial charge in [0.2, 0.25) is 5.91 Å². The predicted octanol–water partition coefficient (Wildman–Crippen LogP) is 4.99. The van der Waals surface area contributed by atoms with E-state index in [1.807, 2.05) is 6.07 Å². The van der Waals surface area contributed by atoms with Gasteiger partial charge in [-0.1, -0.05) is 38.3 Å². The molecule has 1 atom stereocenters. The van der Waals surface area contributed by atoms with Gasteiger partial charge in [-0.3, -0.25) is 14.7 Å². The van der Waals surface area contributed by atoms with Crippen LogP contribution in [0.5, 0.6) is 0 Å². The van der Waals surface area contributed by atoms with Crippen LogP contribution in [0.1, 0.15) is 69.5 Å². The maximum absolute atomic E-state index is 14.8. The fourth-order valence-corrected chi connectivity index (χ4v) is 5.66. The molecule has 1 saturated carbocycles. The Morgan fingerprint density at radius 3 is 2.73 bits per heavy atom. The number of aromatic nitrogens is 2. The summed E-state index contributed by atoms with van der Waals surface area (Å²) in [4.78, 5) is 38.4. The highest BCUT2D eigenvalue weighted by atomic mass is 19.1. The maximum Gasteiger partial charge on any atom is 0.319 e. The van der Waals surface area contributed by atoms with Crippen molar-refractivity contribution in [2.75, 3.05) is 11.9 Å². The molecule has 1 aliphatic carbocycles. The number of hydrogen-bond donors (Lipinski definition) is 5. The number of aromatic amines is 1. The summed E-state index contributed by atoms with van der Waals surface area (Å²) >= 11 is 0. The van der Waals surface area contributed by atoms with Crippen molar-refractivity contribution in [1.29, 1.82) is 0 Å². The number of anilines is 1. The zero-order chi connectivity index (χ0) is 28.3. The minimum Gasteiger partial charge on any atom is -0.356 e. The highest BCUT2D eigenvalue weighted by Crippen LogP contribution is 2.35. The summed E-state index contributed by atoms with van der Waals surface area (Å²) in [6.45, 7) is 4.50. The van der Waals surface area contributed by atoms with Gasteiger partial charge in [0, 0.05) is 29.7 Å². The number of allylic oxidation sites excluding steroid dienone is 1. The summed E-state index contributed by atoms with van der Waals surface area (Å²) in [5.74, 6) is -0.951. The van der Waals surface area contributed by atoms with Gasteiger partial charge >= 0.3 is 6.03 Å². The van der Waals surface area contributed by atoms with E-state index in [0.717, 1.165) is 23.7 Å². The monoisotopic (exact) mass is 546 g/mol. The number of aryl methyl sites for hydroxylation is 1. The molecule has 210 valence electrons. The quantitative estimate of drug-likeness (QED) is 0.273. The Labute approximate surface area is 232 Å². The number of nitrogens with one attached hydrogen (secondary N) is 5. The van der Waals surface area contributed by atoms with Crippen molar-refractivity contribution in [3.05, 3.63) is 70.8 Å². The molecule has 0 spiro atoms. The molecule has 2 aliphatic rings. The van der Waals surface area contributed by atoms with Gasteiger partial charge in [0.05, 0.1) is 23.3 Å². The lowest BCUT2D eigenvalue weighted by atomic mass is 9.76. The van der Waals surface area contributed by atoms with Gasteiger partial charge in [-0.05, 0) is 67.0 Å². The fourth-order valence-electron chi connectivity index (χ4n) is 5.66. The SMILES string of the molecule is CC1=C(C(=O)Nc2ccc3[nH]ncc3c2)C(c2ccc(F)c(CCC(=O)NCC3(C)CCCCC3)c2)NC(=O)N1. The van der Waals surface area contributed by atoms with Crippen molar-refractivity contribution in [3.63, 3.8) is 0 Å². The molecule has 1 aromatic heterocycles. The first kappa shape index (κ1) is 27.4. The Balaban J connectivity index is 1.29. The summed E-state index contributed by atoms with van der Waals surface area (Å²) < 4.78 is 14.8. The second-order valence-corrected chi connectivity index (χ2v) is 11.2. The predicted molar refractivity (Wildman–Crippen MR) is 151 cm³/mol. The number of fused-ring (bicyclic) bond motifs is 1. The largest absolute Gasteiger partial charge is 0.356 e. The molecule has 1 unspecified atom stereocenters. The third-order valence-electron chi connectivity index (χ3n) is 8.01. The van der Waals surface area contributed by atoms with Crippen LogP contribution in [0.25, 0.3) is 10.9 Å². The molecule has 5 N–H and O–H groups in total. The first-order chi connectivity index (χ1) is 19.2. The van der Waals surface area contributed by atoms with Crippen LogP contribution in [0.2, 0.25) is 0 Å². The van der Waals surface area contributed by atoms with Crippen LogP contribution in [0.15, 0.2) is 53.9 Å². The summed E-state index contributed by atoms with van der Waals surface area (Å²) in [5.41, 5.74) is 3.15. The van der Waals surface area contributed by atoms with Crippen LogP contribution in [0.4, 0.5) is 14.9 Å². The lowest BCUT2D eigenvalue weighted by molar-refractivity contribution is -0.121. The number of carbonyl (C=O) groups excluding carboxylic acids is 3. The van der Waals surface area contributed by atoms with Crippen molar-refractivity contribution < 1.29 is 18.8 Å². The number of urea groups is 1. The van der Waals surface area contributed by atoms with E-state index in [0.29, 0.717) is 34.6 Å². The van der Waals surface area contributed by atoms with Gasteiger partial charge in [-0.2, -0.15) is 5.10 Å². The Kier molecular flexibility index (Phi) is 7.86. The molecule has 0 radical (unpaired) electrons. The van der Waals surface area contributed by atoms with Gasteiger partial charge in [-0.25, -0.2) is 9.18 Å². The number of rotatable bonds is 8. The molecule has 10 heteroatoms. The molecule has 4 amide bonds. The van der Waals surface area contributed by atoms with Crippen molar-refractivity contribution in [2.45, 2.75) is 64.8 Å². The molecule has 0 bridgehead atoms. The number of benzene rings is 2. The first-order valence-electron chi connectivity index (χ1n) is 13.8. The van der Waals surface area contributed by atoms with E-state index >= 15 is 0 Å². The van der Waals surface area contributed by atoms with Crippen LogP contribution in [0.3, 0.4) is 0 Å². The molecule has 5 rings (SSSR count).